The zero-order valence-corrected chi connectivity index (χ0v) is 12.0. The van der Waals surface area contributed by atoms with Crippen molar-refractivity contribution >= 4 is 23.3 Å². The van der Waals surface area contributed by atoms with Gasteiger partial charge in [-0.05, 0) is 43.0 Å². The maximum Gasteiger partial charge on any atom is 0.320 e. The van der Waals surface area contributed by atoms with Gasteiger partial charge in [0, 0.05) is 10.7 Å². The first-order chi connectivity index (χ1) is 9.69. The standard InChI is InChI=1S/C15H18ClN3O/c16-12-6-8-13(9-7-12)18-15(20)19-14(10-17)11-4-2-1-3-5-11/h6-9,11,14H,1-5H2,(H2,18,19,20). The lowest BCUT2D eigenvalue weighted by molar-refractivity contribution is 0.241. The molecule has 0 radical (unpaired) electrons. The Morgan fingerprint density at radius 3 is 2.50 bits per heavy atom. The van der Waals surface area contributed by atoms with Gasteiger partial charge in [0.2, 0.25) is 0 Å². The minimum atomic E-state index is -0.414. The molecule has 1 atom stereocenters. The Bertz CT molecular complexity index is 489. The number of nitrogens with zero attached hydrogens (tertiary/aromatic N) is 1. The summed E-state index contributed by atoms with van der Waals surface area (Å²) in [6, 6.07) is 8.32. The van der Waals surface area contributed by atoms with E-state index in [2.05, 4.69) is 16.7 Å². The second-order valence-corrected chi connectivity index (χ2v) is 5.55. The van der Waals surface area contributed by atoms with Crippen molar-refractivity contribution in [3.63, 3.8) is 0 Å². The van der Waals surface area contributed by atoms with Gasteiger partial charge in [-0.25, -0.2) is 4.79 Å². The minimum Gasteiger partial charge on any atom is -0.322 e. The van der Waals surface area contributed by atoms with Crippen LogP contribution < -0.4 is 10.6 Å². The third-order valence-corrected chi connectivity index (χ3v) is 3.90. The van der Waals surface area contributed by atoms with Gasteiger partial charge in [-0.3, -0.25) is 0 Å². The molecule has 5 heteroatoms. The van der Waals surface area contributed by atoms with Crippen LogP contribution in [-0.4, -0.2) is 12.1 Å². The van der Waals surface area contributed by atoms with Crippen molar-refractivity contribution in [1.82, 2.24) is 5.32 Å². The summed E-state index contributed by atoms with van der Waals surface area (Å²) < 4.78 is 0. The van der Waals surface area contributed by atoms with E-state index in [4.69, 9.17) is 11.6 Å². The molecule has 1 unspecified atom stereocenters. The quantitative estimate of drug-likeness (QED) is 0.886. The number of amides is 2. The van der Waals surface area contributed by atoms with Gasteiger partial charge in [-0.1, -0.05) is 30.9 Å². The molecule has 0 saturated heterocycles. The molecular weight excluding hydrogens is 274 g/mol. The van der Waals surface area contributed by atoms with Crippen LogP contribution in [0.1, 0.15) is 32.1 Å². The monoisotopic (exact) mass is 291 g/mol. The van der Waals surface area contributed by atoms with Crippen LogP contribution in [-0.2, 0) is 0 Å². The maximum absolute atomic E-state index is 11.9. The normalized spacial score (nSPS) is 17.0. The van der Waals surface area contributed by atoms with Gasteiger partial charge in [-0.2, -0.15) is 5.26 Å². The van der Waals surface area contributed by atoms with Gasteiger partial charge in [0.05, 0.1) is 6.07 Å². The average Bonchev–Trinajstić information content (AvgIpc) is 2.48. The molecule has 0 spiro atoms. The topological polar surface area (TPSA) is 64.9 Å². The van der Waals surface area contributed by atoms with Crippen molar-refractivity contribution in [1.29, 1.82) is 5.26 Å². The van der Waals surface area contributed by atoms with E-state index < -0.39 is 6.04 Å². The van der Waals surface area contributed by atoms with Crippen LogP contribution >= 0.6 is 11.6 Å². The SMILES string of the molecule is N#CC(NC(=O)Nc1ccc(Cl)cc1)C1CCCCC1. The Kier molecular flexibility index (Phi) is 5.25. The van der Waals surface area contributed by atoms with E-state index in [1.807, 2.05) is 0 Å². The zero-order valence-electron chi connectivity index (χ0n) is 11.2. The molecule has 106 valence electrons. The van der Waals surface area contributed by atoms with Crippen molar-refractivity contribution in [3.8, 4) is 6.07 Å². The summed E-state index contributed by atoms with van der Waals surface area (Å²) in [5.74, 6) is 0.268. The van der Waals surface area contributed by atoms with Gasteiger partial charge >= 0.3 is 6.03 Å². The summed E-state index contributed by atoms with van der Waals surface area (Å²) in [6.07, 6.45) is 5.54. The van der Waals surface area contributed by atoms with E-state index in [0.717, 1.165) is 25.7 Å². The summed E-state index contributed by atoms with van der Waals surface area (Å²) in [6.45, 7) is 0. The number of benzene rings is 1. The van der Waals surface area contributed by atoms with Gasteiger partial charge in [0.25, 0.3) is 0 Å². The Labute approximate surface area is 124 Å². The number of halogens is 1. The van der Waals surface area contributed by atoms with E-state index in [-0.39, 0.29) is 11.9 Å². The van der Waals surface area contributed by atoms with Crippen molar-refractivity contribution in [2.24, 2.45) is 5.92 Å². The first-order valence-corrected chi connectivity index (χ1v) is 7.29. The molecule has 1 aliphatic carbocycles. The summed E-state index contributed by atoms with van der Waals surface area (Å²) in [5, 5.41) is 15.3. The van der Waals surface area contributed by atoms with Gasteiger partial charge in [0.15, 0.2) is 0 Å². The summed E-state index contributed by atoms with van der Waals surface area (Å²) in [4.78, 5) is 11.9. The zero-order chi connectivity index (χ0) is 14.4. The molecule has 2 N–H and O–H groups in total. The van der Waals surface area contributed by atoms with Crippen LogP contribution in [0.3, 0.4) is 0 Å². The first-order valence-electron chi connectivity index (χ1n) is 6.92. The third kappa shape index (κ3) is 4.14. The van der Waals surface area contributed by atoms with Crippen LogP contribution in [0.4, 0.5) is 10.5 Å². The summed E-state index contributed by atoms with van der Waals surface area (Å²) >= 11 is 5.79. The van der Waals surface area contributed by atoms with Gasteiger partial charge in [0.1, 0.15) is 6.04 Å². The second kappa shape index (κ2) is 7.16. The summed E-state index contributed by atoms with van der Waals surface area (Å²) in [5.41, 5.74) is 0.659. The molecule has 1 fully saturated rings. The van der Waals surface area contributed by atoms with Gasteiger partial charge in [-0.15, -0.1) is 0 Å². The molecule has 1 aliphatic rings. The number of carbonyl (C=O) groups excluding carboxylic acids is 1. The smallest absolute Gasteiger partial charge is 0.320 e. The third-order valence-electron chi connectivity index (χ3n) is 3.65. The van der Waals surface area contributed by atoms with Gasteiger partial charge < -0.3 is 10.6 Å². The molecule has 4 nitrogen and oxygen atoms in total. The van der Waals surface area contributed by atoms with Crippen molar-refractivity contribution in [3.05, 3.63) is 29.3 Å². The molecule has 2 rings (SSSR count). The van der Waals surface area contributed by atoms with Crippen LogP contribution in [0.15, 0.2) is 24.3 Å². The van der Waals surface area contributed by atoms with Crippen LogP contribution in [0.25, 0.3) is 0 Å². The molecule has 1 saturated carbocycles. The number of carbonyl (C=O) groups is 1. The Balaban J connectivity index is 1.89. The second-order valence-electron chi connectivity index (χ2n) is 5.11. The van der Waals surface area contributed by atoms with E-state index in [1.54, 1.807) is 24.3 Å². The Morgan fingerprint density at radius 2 is 1.90 bits per heavy atom. The fraction of sp³-hybridized carbons (Fsp3) is 0.467. The molecule has 0 bridgehead atoms. The highest BCUT2D eigenvalue weighted by molar-refractivity contribution is 6.30. The van der Waals surface area contributed by atoms with E-state index >= 15 is 0 Å². The molecule has 0 aliphatic heterocycles. The largest absolute Gasteiger partial charge is 0.322 e. The van der Waals surface area contributed by atoms with E-state index in [0.29, 0.717) is 10.7 Å². The molecule has 0 heterocycles. The number of hydrogen-bond donors (Lipinski definition) is 2. The number of hydrogen-bond acceptors (Lipinski definition) is 2. The van der Waals surface area contributed by atoms with Crippen molar-refractivity contribution in [2.75, 3.05) is 5.32 Å². The molecule has 1 aromatic carbocycles. The number of nitriles is 1. The lowest BCUT2D eigenvalue weighted by Crippen LogP contribution is -2.42. The Hall–Kier alpha value is -1.73. The lowest BCUT2D eigenvalue weighted by atomic mass is 9.84. The molecule has 1 aromatic rings. The number of anilines is 1. The highest BCUT2D eigenvalue weighted by Crippen LogP contribution is 2.26. The van der Waals surface area contributed by atoms with Crippen LogP contribution in [0, 0.1) is 17.2 Å². The highest BCUT2D eigenvalue weighted by Gasteiger charge is 2.24. The van der Waals surface area contributed by atoms with Crippen molar-refractivity contribution in [2.45, 2.75) is 38.1 Å². The number of rotatable bonds is 3. The van der Waals surface area contributed by atoms with Crippen LogP contribution in [0.2, 0.25) is 5.02 Å². The lowest BCUT2D eigenvalue weighted by Gasteiger charge is -2.26. The number of nitrogens with one attached hydrogen (secondary N) is 2. The molecule has 20 heavy (non-hydrogen) atoms. The first kappa shape index (κ1) is 14.7. The fourth-order valence-corrected chi connectivity index (χ4v) is 2.69. The maximum atomic E-state index is 11.9. The van der Waals surface area contributed by atoms with E-state index in [9.17, 15) is 10.1 Å². The fourth-order valence-electron chi connectivity index (χ4n) is 2.56. The van der Waals surface area contributed by atoms with E-state index in [1.165, 1.54) is 6.42 Å². The minimum absolute atomic E-state index is 0.268. The highest BCUT2D eigenvalue weighted by atomic mass is 35.5. The predicted molar refractivity (Wildman–Crippen MR) is 79.6 cm³/mol. The Morgan fingerprint density at radius 1 is 1.25 bits per heavy atom. The number of urea groups is 1. The van der Waals surface area contributed by atoms with Crippen molar-refractivity contribution < 1.29 is 4.79 Å². The van der Waals surface area contributed by atoms with Crippen LogP contribution in [0.5, 0.6) is 0 Å². The molecular formula is C15H18ClN3O. The molecule has 0 aromatic heterocycles. The predicted octanol–water partition coefficient (Wildman–Crippen LogP) is 3.93. The summed E-state index contributed by atoms with van der Waals surface area (Å²) in [7, 11) is 0. The average molecular weight is 292 g/mol. The molecule has 2 amide bonds.